The molecule has 1 aliphatic heterocycles. The van der Waals surface area contributed by atoms with Gasteiger partial charge in [0, 0.05) is 32.2 Å². The Morgan fingerprint density at radius 3 is 2.73 bits per heavy atom. The molecule has 126 valence electrons. The first kappa shape index (κ1) is 19.4. The molecule has 1 aromatic rings. The Morgan fingerprint density at radius 1 is 1.41 bits per heavy atom. The van der Waals surface area contributed by atoms with Crippen LogP contribution in [0.5, 0.6) is 5.75 Å². The summed E-state index contributed by atoms with van der Waals surface area (Å²) in [6.07, 6.45) is 0. The summed E-state index contributed by atoms with van der Waals surface area (Å²) in [4.78, 5) is 2.38. The first-order valence-electron chi connectivity index (χ1n) is 6.76. The number of nitrogens with one attached hydrogen (secondary N) is 1. The van der Waals surface area contributed by atoms with Gasteiger partial charge in [-0.1, -0.05) is 6.07 Å². The Hall–Kier alpha value is -0.630. The van der Waals surface area contributed by atoms with Crippen LogP contribution in [0.3, 0.4) is 0 Å². The lowest BCUT2D eigenvalue weighted by Crippen LogP contribution is -2.49. The van der Waals surface area contributed by atoms with Gasteiger partial charge in [-0.05, 0) is 36.4 Å². The topological polar surface area (TPSA) is 24.5 Å². The van der Waals surface area contributed by atoms with E-state index in [4.69, 9.17) is 4.74 Å². The van der Waals surface area contributed by atoms with Gasteiger partial charge in [0.15, 0.2) is 0 Å². The number of piperazine rings is 1. The Balaban J connectivity index is 0.00000242. The zero-order valence-electron chi connectivity index (χ0n) is 12.4. The molecular formula is C14H20ClF3N2OS. The van der Waals surface area contributed by atoms with Crippen molar-refractivity contribution in [2.75, 3.05) is 26.7 Å². The van der Waals surface area contributed by atoms with E-state index < -0.39 is 5.51 Å². The largest absolute Gasteiger partial charge is 0.496 e. The summed E-state index contributed by atoms with van der Waals surface area (Å²) >= 11 is -0.127. The van der Waals surface area contributed by atoms with Crippen LogP contribution in [0.4, 0.5) is 13.2 Å². The average Bonchev–Trinajstić information content (AvgIpc) is 2.40. The van der Waals surface area contributed by atoms with Gasteiger partial charge in [0.1, 0.15) is 5.75 Å². The molecule has 2 rings (SSSR count). The number of halogens is 4. The van der Waals surface area contributed by atoms with Crippen LogP contribution in [-0.2, 0) is 6.54 Å². The minimum Gasteiger partial charge on any atom is -0.496 e. The highest BCUT2D eigenvalue weighted by Crippen LogP contribution is 2.41. The molecule has 0 radical (unpaired) electrons. The lowest BCUT2D eigenvalue weighted by atomic mass is 10.1. The highest BCUT2D eigenvalue weighted by molar-refractivity contribution is 8.00. The van der Waals surface area contributed by atoms with Crippen LogP contribution in [0.1, 0.15) is 12.5 Å². The van der Waals surface area contributed by atoms with E-state index in [-0.39, 0.29) is 34.8 Å². The summed E-state index contributed by atoms with van der Waals surface area (Å²) < 4.78 is 42.8. The van der Waals surface area contributed by atoms with Gasteiger partial charge in [-0.15, -0.1) is 12.4 Å². The van der Waals surface area contributed by atoms with Crippen LogP contribution < -0.4 is 10.1 Å². The van der Waals surface area contributed by atoms with Gasteiger partial charge in [-0.3, -0.25) is 4.90 Å². The molecule has 0 saturated carbocycles. The third-order valence-electron chi connectivity index (χ3n) is 3.48. The Kier molecular flexibility index (Phi) is 7.31. The molecule has 1 heterocycles. The number of ether oxygens (including phenoxy) is 1. The van der Waals surface area contributed by atoms with Crippen molar-refractivity contribution in [2.24, 2.45) is 0 Å². The number of methoxy groups -OCH3 is 1. The molecular weight excluding hydrogens is 337 g/mol. The highest BCUT2D eigenvalue weighted by atomic mass is 35.5. The molecule has 0 spiro atoms. The molecule has 0 aliphatic carbocycles. The average molecular weight is 357 g/mol. The number of rotatable bonds is 4. The normalized spacial score (nSPS) is 19.6. The number of nitrogens with zero attached hydrogens (tertiary/aromatic N) is 1. The van der Waals surface area contributed by atoms with Crippen LogP contribution in [0.2, 0.25) is 0 Å². The van der Waals surface area contributed by atoms with Crippen molar-refractivity contribution in [3.8, 4) is 5.75 Å². The quantitative estimate of drug-likeness (QED) is 0.834. The van der Waals surface area contributed by atoms with Crippen LogP contribution in [-0.4, -0.2) is 43.2 Å². The van der Waals surface area contributed by atoms with E-state index in [2.05, 4.69) is 17.1 Å². The molecule has 0 unspecified atom stereocenters. The van der Waals surface area contributed by atoms with Crippen molar-refractivity contribution in [3.05, 3.63) is 23.8 Å². The smallest absolute Gasteiger partial charge is 0.446 e. The predicted octanol–water partition coefficient (Wildman–Crippen LogP) is 3.52. The highest BCUT2D eigenvalue weighted by Gasteiger charge is 2.31. The standard InChI is InChI=1S/C14H19F3N2OS.ClH/c1-10-8-18-5-6-19(10)9-11-3-4-12(20-2)13(7-11)21-14(15,16)17;/h3-4,7,10,18H,5-6,8-9H2,1-2H3;1H/t10-;/m0./s1. The van der Waals surface area contributed by atoms with Crippen LogP contribution in [0.25, 0.3) is 0 Å². The molecule has 1 atom stereocenters. The van der Waals surface area contributed by atoms with Crippen LogP contribution in [0.15, 0.2) is 23.1 Å². The summed E-state index contributed by atoms with van der Waals surface area (Å²) in [6, 6.07) is 5.38. The number of benzene rings is 1. The molecule has 1 saturated heterocycles. The molecule has 1 aromatic carbocycles. The summed E-state index contributed by atoms with van der Waals surface area (Å²) in [7, 11) is 1.38. The lowest BCUT2D eigenvalue weighted by Gasteiger charge is -2.34. The number of hydrogen-bond donors (Lipinski definition) is 1. The number of alkyl halides is 3. The van der Waals surface area contributed by atoms with Gasteiger partial charge in [0.25, 0.3) is 0 Å². The Morgan fingerprint density at radius 2 is 2.14 bits per heavy atom. The second-order valence-electron chi connectivity index (χ2n) is 5.06. The number of hydrogen-bond acceptors (Lipinski definition) is 4. The fraction of sp³-hybridized carbons (Fsp3) is 0.571. The van der Waals surface area contributed by atoms with Crippen LogP contribution in [0, 0.1) is 0 Å². The van der Waals surface area contributed by atoms with Gasteiger partial charge >= 0.3 is 5.51 Å². The fourth-order valence-corrected chi connectivity index (χ4v) is 3.09. The van der Waals surface area contributed by atoms with Crippen molar-refractivity contribution in [1.29, 1.82) is 0 Å². The minimum absolute atomic E-state index is 0. The van der Waals surface area contributed by atoms with E-state index in [1.807, 2.05) is 6.07 Å². The zero-order chi connectivity index (χ0) is 15.5. The van der Waals surface area contributed by atoms with Crippen molar-refractivity contribution in [1.82, 2.24) is 10.2 Å². The molecule has 0 amide bonds. The molecule has 3 nitrogen and oxygen atoms in total. The lowest BCUT2D eigenvalue weighted by molar-refractivity contribution is -0.0328. The van der Waals surface area contributed by atoms with Crippen molar-refractivity contribution in [3.63, 3.8) is 0 Å². The van der Waals surface area contributed by atoms with Crippen molar-refractivity contribution in [2.45, 2.75) is 29.9 Å². The first-order valence-corrected chi connectivity index (χ1v) is 7.58. The third-order valence-corrected chi connectivity index (χ3v) is 4.25. The van der Waals surface area contributed by atoms with E-state index in [1.54, 1.807) is 12.1 Å². The van der Waals surface area contributed by atoms with Gasteiger partial charge < -0.3 is 10.1 Å². The summed E-state index contributed by atoms with van der Waals surface area (Å²) in [6.45, 7) is 5.47. The molecule has 0 bridgehead atoms. The summed E-state index contributed by atoms with van der Waals surface area (Å²) in [5.41, 5.74) is -3.44. The molecule has 8 heteroatoms. The maximum atomic E-state index is 12.6. The summed E-state index contributed by atoms with van der Waals surface area (Å²) in [5, 5.41) is 3.30. The number of thioether (sulfide) groups is 1. The SMILES string of the molecule is COc1ccc(CN2CCNC[C@@H]2C)cc1SC(F)(F)F.Cl. The van der Waals surface area contributed by atoms with Crippen LogP contribution >= 0.6 is 24.2 Å². The van der Waals surface area contributed by atoms with Gasteiger partial charge in [0.05, 0.1) is 12.0 Å². The second kappa shape index (κ2) is 8.29. The van der Waals surface area contributed by atoms with Gasteiger partial charge in [-0.2, -0.15) is 13.2 Å². The van der Waals surface area contributed by atoms with Gasteiger partial charge in [-0.25, -0.2) is 0 Å². The second-order valence-corrected chi connectivity index (χ2v) is 6.16. The van der Waals surface area contributed by atoms with Gasteiger partial charge in [0.2, 0.25) is 0 Å². The van der Waals surface area contributed by atoms with E-state index in [0.29, 0.717) is 12.6 Å². The maximum absolute atomic E-state index is 12.6. The van der Waals surface area contributed by atoms with E-state index in [0.717, 1.165) is 25.2 Å². The fourth-order valence-electron chi connectivity index (χ4n) is 2.38. The van der Waals surface area contributed by atoms with E-state index in [1.165, 1.54) is 7.11 Å². The molecule has 22 heavy (non-hydrogen) atoms. The zero-order valence-corrected chi connectivity index (χ0v) is 14.1. The molecule has 1 N–H and O–H groups in total. The third kappa shape index (κ3) is 5.53. The van der Waals surface area contributed by atoms with E-state index in [9.17, 15) is 13.2 Å². The maximum Gasteiger partial charge on any atom is 0.446 e. The summed E-state index contributed by atoms with van der Waals surface area (Å²) in [5.74, 6) is 0.259. The Labute approximate surface area is 139 Å². The first-order chi connectivity index (χ1) is 9.89. The Bertz CT molecular complexity index is 488. The molecule has 1 fully saturated rings. The van der Waals surface area contributed by atoms with Crippen molar-refractivity contribution < 1.29 is 17.9 Å². The predicted molar refractivity (Wildman–Crippen MR) is 84.9 cm³/mol. The van der Waals surface area contributed by atoms with E-state index >= 15 is 0 Å². The molecule has 0 aromatic heterocycles. The monoisotopic (exact) mass is 356 g/mol. The minimum atomic E-state index is -4.31. The van der Waals surface area contributed by atoms with Crippen molar-refractivity contribution >= 4 is 24.2 Å². The molecule has 1 aliphatic rings.